The number of aryl methyl sites for hydroxylation is 2. The second-order valence-electron chi connectivity index (χ2n) is 5.91. The molecule has 2 aromatic carbocycles. The molecule has 0 N–H and O–H groups in total. The highest BCUT2D eigenvalue weighted by atomic mass is 16.2. The number of carbonyl (C=O) groups is 1. The van der Waals surface area contributed by atoms with Crippen LogP contribution in [0.25, 0.3) is 0 Å². The highest BCUT2D eigenvalue weighted by Gasteiger charge is 2.16. The lowest BCUT2D eigenvalue weighted by atomic mass is 10.1. The van der Waals surface area contributed by atoms with Crippen LogP contribution >= 0.6 is 0 Å². The van der Waals surface area contributed by atoms with Crippen LogP contribution < -0.4 is 4.90 Å². The standard InChI is InChI=1S/C20H25NO/c1-4-5-11-21(19-13-16(2)12-17(3)14-19)20(22)15-18-9-7-6-8-10-18/h6-10,12-14H,4-5,11,15H2,1-3H3. The van der Waals surface area contributed by atoms with Crippen molar-refractivity contribution >= 4 is 11.6 Å². The molecular weight excluding hydrogens is 270 g/mol. The first-order chi connectivity index (χ1) is 10.6. The Balaban J connectivity index is 2.23. The molecule has 0 aliphatic carbocycles. The van der Waals surface area contributed by atoms with Crippen LogP contribution in [-0.2, 0) is 11.2 Å². The minimum absolute atomic E-state index is 0.171. The Bertz CT molecular complexity index is 599. The number of anilines is 1. The van der Waals surface area contributed by atoms with Crippen LogP contribution in [0, 0.1) is 13.8 Å². The van der Waals surface area contributed by atoms with E-state index in [9.17, 15) is 4.79 Å². The molecule has 0 unspecified atom stereocenters. The van der Waals surface area contributed by atoms with Gasteiger partial charge in [0, 0.05) is 12.2 Å². The first-order valence-electron chi connectivity index (χ1n) is 8.02. The average molecular weight is 295 g/mol. The molecular formula is C20H25NO. The third-order valence-electron chi connectivity index (χ3n) is 3.75. The van der Waals surface area contributed by atoms with E-state index in [1.165, 1.54) is 11.1 Å². The number of hydrogen-bond donors (Lipinski definition) is 0. The van der Waals surface area contributed by atoms with Crippen molar-refractivity contribution in [2.24, 2.45) is 0 Å². The summed E-state index contributed by atoms with van der Waals surface area (Å²) >= 11 is 0. The minimum Gasteiger partial charge on any atom is -0.312 e. The summed E-state index contributed by atoms with van der Waals surface area (Å²) < 4.78 is 0. The molecule has 0 aliphatic heterocycles. The van der Waals surface area contributed by atoms with Crippen LogP contribution in [0.1, 0.15) is 36.5 Å². The molecule has 0 saturated carbocycles. The second kappa shape index (κ2) is 7.79. The van der Waals surface area contributed by atoms with Crippen LogP contribution in [0.5, 0.6) is 0 Å². The van der Waals surface area contributed by atoms with Crippen LogP contribution in [-0.4, -0.2) is 12.5 Å². The smallest absolute Gasteiger partial charge is 0.231 e. The van der Waals surface area contributed by atoms with E-state index >= 15 is 0 Å². The summed E-state index contributed by atoms with van der Waals surface area (Å²) in [6, 6.07) is 16.3. The number of amides is 1. The zero-order valence-electron chi connectivity index (χ0n) is 13.8. The maximum Gasteiger partial charge on any atom is 0.231 e. The maximum absolute atomic E-state index is 12.8. The van der Waals surface area contributed by atoms with Gasteiger partial charge in [0.15, 0.2) is 0 Å². The second-order valence-corrected chi connectivity index (χ2v) is 5.91. The number of carbonyl (C=O) groups excluding carboxylic acids is 1. The van der Waals surface area contributed by atoms with Gasteiger partial charge in [-0.3, -0.25) is 4.79 Å². The number of unbranched alkanes of at least 4 members (excludes halogenated alkanes) is 1. The molecule has 0 aromatic heterocycles. The normalized spacial score (nSPS) is 10.5. The van der Waals surface area contributed by atoms with E-state index in [0.717, 1.165) is 30.6 Å². The SMILES string of the molecule is CCCCN(C(=O)Cc1ccccc1)c1cc(C)cc(C)c1. The van der Waals surface area contributed by atoms with Gasteiger partial charge < -0.3 is 4.90 Å². The molecule has 0 fully saturated rings. The van der Waals surface area contributed by atoms with Crippen molar-refractivity contribution < 1.29 is 4.79 Å². The monoisotopic (exact) mass is 295 g/mol. The topological polar surface area (TPSA) is 20.3 Å². The summed E-state index contributed by atoms with van der Waals surface area (Å²) in [7, 11) is 0. The first kappa shape index (κ1) is 16.3. The predicted molar refractivity (Wildman–Crippen MR) is 93.3 cm³/mol. The molecule has 0 saturated heterocycles. The van der Waals surface area contributed by atoms with E-state index in [1.54, 1.807) is 0 Å². The summed E-state index contributed by atoms with van der Waals surface area (Å²) in [6.07, 6.45) is 2.56. The van der Waals surface area contributed by atoms with Gasteiger partial charge in [0.05, 0.1) is 6.42 Å². The molecule has 0 spiro atoms. The fraction of sp³-hybridized carbons (Fsp3) is 0.350. The van der Waals surface area contributed by atoms with Gasteiger partial charge in [0.25, 0.3) is 0 Å². The van der Waals surface area contributed by atoms with Gasteiger partial charge in [0.1, 0.15) is 0 Å². The number of hydrogen-bond acceptors (Lipinski definition) is 1. The molecule has 0 heterocycles. The molecule has 2 rings (SSSR count). The molecule has 116 valence electrons. The van der Waals surface area contributed by atoms with E-state index in [1.807, 2.05) is 35.2 Å². The predicted octanol–water partition coefficient (Wildman–Crippen LogP) is 4.68. The van der Waals surface area contributed by atoms with E-state index in [-0.39, 0.29) is 5.91 Å². The fourth-order valence-corrected chi connectivity index (χ4v) is 2.69. The molecule has 0 aliphatic rings. The Labute approximate surface area is 133 Å². The van der Waals surface area contributed by atoms with Crippen molar-refractivity contribution in [3.63, 3.8) is 0 Å². The number of benzene rings is 2. The van der Waals surface area contributed by atoms with Gasteiger partial charge in [-0.1, -0.05) is 49.7 Å². The van der Waals surface area contributed by atoms with Crippen molar-refractivity contribution in [3.05, 3.63) is 65.2 Å². The highest BCUT2D eigenvalue weighted by molar-refractivity contribution is 5.94. The van der Waals surface area contributed by atoms with E-state index < -0.39 is 0 Å². The maximum atomic E-state index is 12.8. The van der Waals surface area contributed by atoms with Gasteiger partial charge in [0.2, 0.25) is 5.91 Å². The van der Waals surface area contributed by atoms with Crippen molar-refractivity contribution in [1.29, 1.82) is 0 Å². The van der Waals surface area contributed by atoms with Gasteiger partial charge in [-0.25, -0.2) is 0 Å². The summed E-state index contributed by atoms with van der Waals surface area (Å²) in [4.78, 5) is 14.7. The van der Waals surface area contributed by atoms with Gasteiger partial charge in [-0.15, -0.1) is 0 Å². The van der Waals surface area contributed by atoms with Crippen molar-refractivity contribution in [1.82, 2.24) is 0 Å². The summed E-state index contributed by atoms with van der Waals surface area (Å²) in [6.45, 7) is 7.10. The van der Waals surface area contributed by atoms with Crippen molar-refractivity contribution in [3.8, 4) is 0 Å². The lowest BCUT2D eigenvalue weighted by Gasteiger charge is -2.24. The van der Waals surface area contributed by atoms with Crippen molar-refractivity contribution in [2.75, 3.05) is 11.4 Å². The zero-order chi connectivity index (χ0) is 15.9. The molecule has 0 atom stereocenters. The van der Waals surface area contributed by atoms with E-state index in [0.29, 0.717) is 6.42 Å². The quantitative estimate of drug-likeness (QED) is 0.757. The zero-order valence-corrected chi connectivity index (χ0v) is 13.8. The van der Waals surface area contributed by atoms with E-state index in [4.69, 9.17) is 0 Å². The van der Waals surface area contributed by atoms with Gasteiger partial charge in [-0.2, -0.15) is 0 Å². The Morgan fingerprint density at radius 1 is 1.00 bits per heavy atom. The third kappa shape index (κ3) is 4.45. The Morgan fingerprint density at radius 2 is 1.64 bits per heavy atom. The molecule has 0 radical (unpaired) electrons. The number of rotatable bonds is 6. The molecule has 1 amide bonds. The van der Waals surface area contributed by atoms with Crippen molar-refractivity contribution in [2.45, 2.75) is 40.0 Å². The Morgan fingerprint density at radius 3 is 2.23 bits per heavy atom. The summed E-state index contributed by atoms with van der Waals surface area (Å²) in [5.41, 5.74) is 4.48. The first-order valence-corrected chi connectivity index (χ1v) is 8.02. The van der Waals surface area contributed by atoms with Crippen LogP contribution in [0.2, 0.25) is 0 Å². The molecule has 22 heavy (non-hydrogen) atoms. The Hall–Kier alpha value is -2.09. The third-order valence-corrected chi connectivity index (χ3v) is 3.75. The van der Waals surface area contributed by atoms with Crippen LogP contribution in [0.4, 0.5) is 5.69 Å². The summed E-state index contributed by atoms with van der Waals surface area (Å²) in [5.74, 6) is 0.171. The fourth-order valence-electron chi connectivity index (χ4n) is 2.69. The molecule has 2 nitrogen and oxygen atoms in total. The van der Waals surface area contributed by atoms with Crippen LogP contribution in [0.3, 0.4) is 0 Å². The largest absolute Gasteiger partial charge is 0.312 e. The molecule has 2 heteroatoms. The highest BCUT2D eigenvalue weighted by Crippen LogP contribution is 2.20. The van der Waals surface area contributed by atoms with Gasteiger partial charge >= 0.3 is 0 Å². The van der Waals surface area contributed by atoms with Gasteiger partial charge in [-0.05, 0) is 49.1 Å². The lowest BCUT2D eigenvalue weighted by molar-refractivity contribution is -0.118. The average Bonchev–Trinajstić information content (AvgIpc) is 2.47. The van der Waals surface area contributed by atoms with E-state index in [2.05, 4.69) is 39.0 Å². The lowest BCUT2D eigenvalue weighted by Crippen LogP contribution is -2.33. The minimum atomic E-state index is 0.171. The van der Waals surface area contributed by atoms with Crippen LogP contribution in [0.15, 0.2) is 48.5 Å². The number of nitrogens with zero attached hydrogens (tertiary/aromatic N) is 1. The molecule has 0 bridgehead atoms. The summed E-state index contributed by atoms with van der Waals surface area (Å²) in [5, 5.41) is 0. The molecule has 2 aromatic rings. The Kier molecular flexibility index (Phi) is 5.76.